The first-order chi connectivity index (χ1) is 11.5. The van der Waals surface area contributed by atoms with E-state index in [1.807, 2.05) is 41.8 Å². The normalized spacial score (nSPS) is 10.6. The number of carbonyl (C=O) groups excluding carboxylic acids is 1. The second-order valence-corrected chi connectivity index (χ2v) is 6.29. The fourth-order valence-corrected chi connectivity index (χ4v) is 3.33. The van der Waals surface area contributed by atoms with E-state index in [-0.39, 0.29) is 18.0 Å². The van der Waals surface area contributed by atoms with Gasteiger partial charge in [0.25, 0.3) is 0 Å². The molecule has 0 saturated carbocycles. The largest absolute Gasteiger partial charge is 0.307 e. The predicted octanol–water partition coefficient (Wildman–Crippen LogP) is 5.25. The zero-order chi connectivity index (χ0) is 17.1. The Bertz CT molecular complexity index is 861. The molecule has 24 heavy (non-hydrogen) atoms. The van der Waals surface area contributed by atoms with Crippen LogP contribution in [0, 0.1) is 11.6 Å². The number of rotatable bonds is 4. The number of carbonyl (C=O) groups is 1. The number of halogens is 2. The van der Waals surface area contributed by atoms with Crippen molar-refractivity contribution in [2.45, 2.75) is 13.5 Å². The van der Waals surface area contributed by atoms with Gasteiger partial charge < -0.3 is 4.90 Å². The third-order valence-electron chi connectivity index (χ3n) is 3.68. The van der Waals surface area contributed by atoms with Crippen molar-refractivity contribution in [3.05, 3.63) is 77.2 Å². The summed E-state index contributed by atoms with van der Waals surface area (Å²) in [7, 11) is 0. The van der Waals surface area contributed by atoms with E-state index in [1.54, 1.807) is 0 Å². The number of amides is 1. The third kappa shape index (κ3) is 3.51. The zero-order valence-electron chi connectivity index (χ0n) is 13.0. The van der Waals surface area contributed by atoms with Crippen LogP contribution in [0.1, 0.15) is 12.5 Å². The van der Waals surface area contributed by atoms with E-state index in [1.165, 1.54) is 35.3 Å². The Hall–Kier alpha value is -2.53. The van der Waals surface area contributed by atoms with Gasteiger partial charge in [0.15, 0.2) is 0 Å². The van der Waals surface area contributed by atoms with Crippen molar-refractivity contribution < 1.29 is 13.6 Å². The van der Waals surface area contributed by atoms with Gasteiger partial charge in [-0.05, 0) is 17.7 Å². The fraction of sp³-hybridized carbons (Fsp3) is 0.105. The van der Waals surface area contributed by atoms with Crippen LogP contribution < -0.4 is 4.90 Å². The minimum atomic E-state index is -0.653. The molecule has 0 fully saturated rings. The van der Waals surface area contributed by atoms with E-state index in [0.717, 1.165) is 16.5 Å². The highest BCUT2D eigenvalue weighted by molar-refractivity contribution is 7.14. The molecule has 0 aliphatic rings. The van der Waals surface area contributed by atoms with Crippen molar-refractivity contribution in [1.29, 1.82) is 0 Å². The summed E-state index contributed by atoms with van der Waals surface area (Å²) in [4.78, 5) is 14.5. The molecule has 0 bridgehead atoms. The molecule has 1 aromatic heterocycles. The SMILES string of the molecule is CC(=O)N(Cc1ccc(F)cc1F)c1csc(-c2ccccc2)c1. The Morgan fingerprint density at radius 2 is 1.83 bits per heavy atom. The molecular weight excluding hydrogens is 328 g/mol. The third-order valence-corrected chi connectivity index (χ3v) is 4.65. The lowest BCUT2D eigenvalue weighted by molar-refractivity contribution is -0.116. The van der Waals surface area contributed by atoms with Crippen molar-refractivity contribution in [3.8, 4) is 10.4 Å². The minimum Gasteiger partial charge on any atom is -0.307 e. The molecular formula is C19H15F2NOS. The molecule has 2 nitrogen and oxygen atoms in total. The molecule has 122 valence electrons. The van der Waals surface area contributed by atoms with E-state index in [4.69, 9.17) is 0 Å². The average Bonchev–Trinajstić information content (AvgIpc) is 3.04. The Labute approximate surface area is 143 Å². The van der Waals surface area contributed by atoms with Crippen LogP contribution in [0.25, 0.3) is 10.4 Å². The molecule has 0 radical (unpaired) electrons. The molecule has 3 rings (SSSR count). The number of benzene rings is 2. The van der Waals surface area contributed by atoms with Gasteiger partial charge in [-0.25, -0.2) is 8.78 Å². The van der Waals surface area contributed by atoms with Crippen molar-refractivity contribution in [2.75, 3.05) is 4.90 Å². The Kier molecular flexibility index (Phi) is 4.71. The number of anilines is 1. The minimum absolute atomic E-state index is 0.0619. The van der Waals surface area contributed by atoms with Crippen molar-refractivity contribution in [2.24, 2.45) is 0 Å². The maximum atomic E-state index is 13.9. The van der Waals surface area contributed by atoms with E-state index >= 15 is 0 Å². The van der Waals surface area contributed by atoms with Crippen LogP contribution in [0.5, 0.6) is 0 Å². The van der Waals surface area contributed by atoms with E-state index < -0.39 is 11.6 Å². The van der Waals surface area contributed by atoms with Gasteiger partial charge in [-0.2, -0.15) is 0 Å². The van der Waals surface area contributed by atoms with Gasteiger partial charge >= 0.3 is 0 Å². The molecule has 1 amide bonds. The van der Waals surface area contributed by atoms with Crippen LogP contribution in [-0.2, 0) is 11.3 Å². The number of thiophene rings is 1. The van der Waals surface area contributed by atoms with Gasteiger partial charge in [0.1, 0.15) is 11.6 Å². The van der Waals surface area contributed by atoms with Gasteiger partial charge in [0, 0.05) is 28.8 Å². The highest BCUT2D eigenvalue weighted by Crippen LogP contribution is 2.32. The molecule has 2 aromatic carbocycles. The molecule has 0 N–H and O–H groups in total. The zero-order valence-corrected chi connectivity index (χ0v) is 13.8. The Morgan fingerprint density at radius 3 is 2.50 bits per heavy atom. The summed E-state index contributed by atoms with van der Waals surface area (Å²) >= 11 is 1.52. The van der Waals surface area contributed by atoms with Gasteiger partial charge in [0.2, 0.25) is 5.91 Å². The Morgan fingerprint density at radius 1 is 1.08 bits per heavy atom. The molecule has 5 heteroatoms. The lowest BCUT2D eigenvalue weighted by atomic mass is 10.1. The van der Waals surface area contributed by atoms with Crippen LogP contribution in [0.3, 0.4) is 0 Å². The first-order valence-corrected chi connectivity index (χ1v) is 8.28. The average molecular weight is 343 g/mol. The summed E-state index contributed by atoms with van der Waals surface area (Å²) in [5.74, 6) is -1.48. The quantitative estimate of drug-likeness (QED) is 0.634. The molecule has 3 aromatic rings. The van der Waals surface area contributed by atoms with Crippen LogP contribution in [0.15, 0.2) is 60.0 Å². The monoisotopic (exact) mass is 343 g/mol. The first kappa shape index (κ1) is 16.3. The molecule has 0 aliphatic heterocycles. The van der Waals surface area contributed by atoms with Gasteiger partial charge in [0.05, 0.1) is 12.2 Å². The fourth-order valence-electron chi connectivity index (χ4n) is 2.43. The molecule has 0 saturated heterocycles. The lowest BCUT2D eigenvalue weighted by Crippen LogP contribution is -2.27. The molecule has 0 atom stereocenters. The molecule has 0 spiro atoms. The molecule has 0 aliphatic carbocycles. The number of hydrogen-bond donors (Lipinski definition) is 0. The van der Waals surface area contributed by atoms with Crippen LogP contribution in [-0.4, -0.2) is 5.91 Å². The highest BCUT2D eigenvalue weighted by Gasteiger charge is 2.17. The second-order valence-electron chi connectivity index (χ2n) is 5.38. The topological polar surface area (TPSA) is 20.3 Å². The molecule has 1 heterocycles. The second kappa shape index (κ2) is 6.93. The van der Waals surface area contributed by atoms with Gasteiger partial charge in [-0.3, -0.25) is 4.79 Å². The van der Waals surface area contributed by atoms with Crippen LogP contribution in [0.2, 0.25) is 0 Å². The smallest absolute Gasteiger partial charge is 0.224 e. The summed E-state index contributed by atoms with van der Waals surface area (Å²) in [6.45, 7) is 1.49. The predicted molar refractivity (Wildman–Crippen MR) is 93.0 cm³/mol. The first-order valence-electron chi connectivity index (χ1n) is 7.40. The summed E-state index contributed by atoms with van der Waals surface area (Å²) in [5, 5.41) is 1.87. The van der Waals surface area contributed by atoms with Crippen LogP contribution >= 0.6 is 11.3 Å². The molecule has 0 unspecified atom stereocenters. The maximum Gasteiger partial charge on any atom is 0.224 e. The number of hydrogen-bond acceptors (Lipinski definition) is 2. The summed E-state index contributed by atoms with van der Waals surface area (Å²) < 4.78 is 26.9. The van der Waals surface area contributed by atoms with Gasteiger partial charge in [-0.15, -0.1) is 11.3 Å². The summed E-state index contributed by atoms with van der Waals surface area (Å²) in [6, 6.07) is 15.1. The Balaban J connectivity index is 1.89. The number of nitrogens with zero attached hydrogens (tertiary/aromatic N) is 1. The lowest BCUT2D eigenvalue weighted by Gasteiger charge is -2.20. The van der Waals surface area contributed by atoms with Crippen molar-refractivity contribution >= 4 is 22.9 Å². The van der Waals surface area contributed by atoms with E-state index in [0.29, 0.717) is 5.69 Å². The van der Waals surface area contributed by atoms with E-state index in [9.17, 15) is 13.6 Å². The van der Waals surface area contributed by atoms with E-state index in [2.05, 4.69) is 0 Å². The summed E-state index contributed by atoms with van der Waals surface area (Å²) in [5.41, 5.74) is 2.04. The van der Waals surface area contributed by atoms with Crippen LogP contribution in [0.4, 0.5) is 14.5 Å². The van der Waals surface area contributed by atoms with Crippen molar-refractivity contribution in [1.82, 2.24) is 0 Å². The van der Waals surface area contributed by atoms with Gasteiger partial charge in [-0.1, -0.05) is 36.4 Å². The summed E-state index contributed by atoms with van der Waals surface area (Å²) in [6.07, 6.45) is 0. The maximum absolute atomic E-state index is 13.9. The highest BCUT2D eigenvalue weighted by atomic mass is 32.1. The standard InChI is InChI=1S/C19H15F2NOS/c1-13(23)22(11-15-7-8-16(20)9-18(15)21)17-10-19(24-12-17)14-5-3-2-4-6-14/h2-10,12H,11H2,1H3. The van der Waals surface area contributed by atoms with Crippen molar-refractivity contribution in [3.63, 3.8) is 0 Å².